The van der Waals surface area contributed by atoms with Crippen molar-refractivity contribution in [1.82, 2.24) is 14.7 Å². The summed E-state index contributed by atoms with van der Waals surface area (Å²) in [5.74, 6) is 0. The van der Waals surface area contributed by atoms with Crippen LogP contribution in [0.3, 0.4) is 0 Å². The van der Waals surface area contributed by atoms with E-state index in [1.807, 2.05) is 64.2 Å². The molecule has 1 atom stereocenters. The molecule has 0 radical (unpaired) electrons. The predicted molar refractivity (Wildman–Crippen MR) is 104 cm³/mol. The van der Waals surface area contributed by atoms with Crippen LogP contribution in [0.1, 0.15) is 61.3 Å². The fourth-order valence-corrected chi connectivity index (χ4v) is 3.38. The average molecular weight is 377 g/mol. The Kier molecular flexibility index (Phi) is 5.10. The molecule has 0 aliphatic carbocycles. The van der Waals surface area contributed by atoms with Crippen molar-refractivity contribution in [2.75, 3.05) is 6.54 Å². The van der Waals surface area contributed by atoms with Crippen molar-refractivity contribution in [2.45, 2.75) is 90.7 Å². The first-order valence-electron chi connectivity index (χ1n) is 9.76. The molecule has 150 valence electrons. The molecule has 7 nitrogen and oxygen atoms in total. The highest BCUT2D eigenvalue weighted by Gasteiger charge is 2.52. The number of aromatic nitrogens is 2. The van der Waals surface area contributed by atoms with Crippen molar-refractivity contribution in [3.63, 3.8) is 0 Å². The summed E-state index contributed by atoms with van der Waals surface area (Å²) in [5.41, 5.74) is -0.340. The van der Waals surface area contributed by atoms with Crippen LogP contribution < -0.4 is 5.46 Å². The summed E-state index contributed by atoms with van der Waals surface area (Å²) < 4.78 is 19.6. The molecule has 0 N–H and O–H groups in total. The summed E-state index contributed by atoms with van der Waals surface area (Å²) in [6.45, 7) is 15.2. The lowest BCUT2D eigenvalue weighted by Gasteiger charge is -2.32. The van der Waals surface area contributed by atoms with Gasteiger partial charge in [-0.3, -0.25) is 4.68 Å². The van der Waals surface area contributed by atoms with Gasteiger partial charge in [-0.25, -0.2) is 4.79 Å². The number of carbonyl (C=O) groups excluding carboxylic acids is 1. The van der Waals surface area contributed by atoms with Gasteiger partial charge in [-0.15, -0.1) is 0 Å². The topological polar surface area (TPSA) is 65.8 Å². The normalized spacial score (nSPS) is 24.5. The van der Waals surface area contributed by atoms with E-state index in [9.17, 15) is 4.79 Å². The van der Waals surface area contributed by atoms with E-state index < -0.39 is 12.7 Å². The Morgan fingerprint density at radius 3 is 2.52 bits per heavy atom. The Balaban J connectivity index is 1.65. The third-order valence-corrected chi connectivity index (χ3v) is 5.58. The molecular weight excluding hydrogens is 345 g/mol. The summed E-state index contributed by atoms with van der Waals surface area (Å²) in [4.78, 5) is 14.3. The van der Waals surface area contributed by atoms with Gasteiger partial charge in [-0.1, -0.05) is 0 Å². The lowest BCUT2D eigenvalue weighted by atomic mass is 9.82. The summed E-state index contributed by atoms with van der Waals surface area (Å²) in [5, 5.41) is 4.47. The molecule has 3 heterocycles. The molecule has 3 rings (SSSR count). The third-order valence-electron chi connectivity index (χ3n) is 5.58. The molecular formula is C19H32BN3O4. The maximum Gasteiger partial charge on any atom is 0.498 e. The summed E-state index contributed by atoms with van der Waals surface area (Å²) in [6, 6.07) is 0.0888. The van der Waals surface area contributed by atoms with E-state index in [1.165, 1.54) is 0 Å². The van der Waals surface area contributed by atoms with Gasteiger partial charge in [0.25, 0.3) is 0 Å². The van der Waals surface area contributed by atoms with Crippen molar-refractivity contribution in [3.05, 3.63) is 12.4 Å². The van der Waals surface area contributed by atoms with E-state index >= 15 is 0 Å². The van der Waals surface area contributed by atoms with Crippen LogP contribution in [-0.4, -0.2) is 57.3 Å². The Morgan fingerprint density at radius 2 is 1.93 bits per heavy atom. The molecule has 1 unspecified atom stereocenters. The summed E-state index contributed by atoms with van der Waals surface area (Å²) in [6.07, 6.45) is 5.42. The van der Waals surface area contributed by atoms with Crippen molar-refractivity contribution >= 4 is 18.7 Å². The largest absolute Gasteiger partial charge is 0.498 e. The Labute approximate surface area is 162 Å². The zero-order valence-corrected chi connectivity index (χ0v) is 17.6. The van der Waals surface area contributed by atoms with Gasteiger partial charge < -0.3 is 18.9 Å². The SMILES string of the molecule is CC(C)(C)OC(=O)N1CCCC1Cn1cc(B2OC(C)(C)C(C)(C)O2)cn1. The average Bonchev–Trinajstić information content (AvgIpc) is 3.17. The minimum absolute atomic E-state index is 0.0888. The lowest BCUT2D eigenvalue weighted by molar-refractivity contribution is 0.00578. The van der Waals surface area contributed by atoms with Gasteiger partial charge >= 0.3 is 13.2 Å². The van der Waals surface area contributed by atoms with E-state index in [-0.39, 0.29) is 23.3 Å². The van der Waals surface area contributed by atoms with Gasteiger partial charge in [0, 0.05) is 24.4 Å². The quantitative estimate of drug-likeness (QED) is 0.758. The molecule has 2 aliphatic heterocycles. The van der Waals surface area contributed by atoms with Crippen LogP contribution in [0.25, 0.3) is 0 Å². The van der Waals surface area contributed by atoms with Crippen molar-refractivity contribution in [2.24, 2.45) is 0 Å². The number of ether oxygens (including phenoxy) is 1. The van der Waals surface area contributed by atoms with Gasteiger partial charge in [0.05, 0.1) is 23.8 Å². The number of amides is 1. The van der Waals surface area contributed by atoms with Crippen LogP contribution in [0.5, 0.6) is 0 Å². The molecule has 27 heavy (non-hydrogen) atoms. The molecule has 2 saturated heterocycles. The van der Waals surface area contributed by atoms with E-state index in [2.05, 4.69) is 5.10 Å². The second-order valence-electron chi connectivity index (χ2n) is 9.55. The van der Waals surface area contributed by atoms with Crippen LogP contribution in [0.15, 0.2) is 12.4 Å². The van der Waals surface area contributed by atoms with Crippen LogP contribution in [0, 0.1) is 0 Å². The van der Waals surface area contributed by atoms with E-state index in [4.69, 9.17) is 14.0 Å². The first-order valence-corrected chi connectivity index (χ1v) is 9.76. The molecule has 2 fully saturated rings. The zero-order chi connectivity index (χ0) is 20.0. The van der Waals surface area contributed by atoms with E-state index in [0.717, 1.165) is 24.8 Å². The Hall–Kier alpha value is -1.54. The molecule has 1 amide bonds. The first-order chi connectivity index (χ1) is 12.4. The Morgan fingerprint density at radius 1 is 1.30 bits per heavy atom. The van der Waals surface area contributed by atoms with Gasteiger partial charge in [0.2, 0.25) is 0 Å². The number of carbonyl (C=O) groups is 1. The number of likely N-dealkylation sites (tertiary alicyclic amines) is 1. The van der Waals surface area contributed by atoms with Gasteiger partial charge in [0.1, 0.15) is 5.60 Å². The van der Waals surface area contributed by atoms with Gasteiger partial charge in [-0.05, 0) is 61.3 Å². The molecule has 2 aliphatic rings. The van der Waals surface area contributed by atoms with Crippen LogP contribution >= 0.6 is 0 Å². The monoisotopic (exact) mass is 377 g/mol. The molecule has 0 aromatic carbocycles. The van der Waals surface area contributed by atoms with Gasteiger partial charge in [-0.2, -0.15) is 5.10 Å². The molecule has 8 heteroatoms. The predicted octanol–water partition coefficient (Wildman–Crippen LogP) is 2.58. The fourth-order valence-electron chi connectivity index (χ4n) is 3.38. The summed E-state index contributed by atoms with van der Waals surface area (Å²) in [7, 11) is -0.422. The minimum atomic E-state index is -0.486. The second kappa shape index (κ2) is 6.81. The van der Waals surface area contributed by atoms with Crippen LogP contribution in [0.2, 0.25) is 0 Å². The first kappa shape index (κ1) is 20.2. The highest BCUT2D eigenvalue weighted by molar-refractivity contribution is 6.61. The minimum Gasteiger partial charge on any atom is -0.444 e. The molecule has 0 spiro atoms. The van der Waals surface area contributed by atoms with Crippen LogP contribution in [0.4, 0.5) is 4.79 Å². The lowest BCUT2D eigenvalue weighted by Crippen LogP contribution is -2.41. The third kappa shape index (κ3) is 4.32. The standard InChI is InChI=1S/C19H32BN3O4/c1-17(2,3)25-16(24)23-10-8-9-15(23)13-22-12-14(11-21-22)20-26-18(4,5)19(6,7)27-20/h11-12,15H,8-10,13H2,1-7H3. The van der Waals surface area contributed by atoms with Crippen molar-refractivity contribution in [1.29, 1.82) is 0 Å². The Bertz CT molecular complexity index is 679. The van der Waals surface area contributed by atoms with E-state index in [1.54, 1.807) is 6.20 Å². The number of hydrogen-bond donors (Lipinski definition) is 0. The molecule has 1 aromatic heterocycles. The van der Waals surface area contributed by atoms with Crippen molar-refractivity contribution in [3.8, 4) is 0 Å². The zero-order valence-electron chi connectivity index (χ0n) is 17.6. The smallest absolute Gasteiger partial charge is 0.444 e. The van der Waals surface area contributed by atoms with Crippen LogP contribution in [-0.2, 0) is 20.6 Å². The number of hydrogen-bond acceptors (Lipinski definition) is 5. The summed E-state index contributed by atoms with van der Waals surface area (Å²) >= 11 is 0. The van der Waals surface area contributed by atoms with E-state index in [0.29, 0.717) is 6.54 Å². The highest BCUT2D eigenvalue weighted by atomic mass is 16.7. The number of rotatable bonds is 3. The molecule has 0 saturated carbocycles. The highest BCUT2D eigenvalue weighted by Crippen LogP contribution is 2.36. The molecule has 0 bridgehead atoms. The fraction of sp³-hybridized carbons (Fsp3) is 0.789. The van der Waals surface area contributed by atoms with Crippen molar-refractivity contribution < 1.29 is 18.8 Å². The maximum absolute atomic E-state index is 12.5. The molecule has 1 aromatic rings. The number of nitrogens with zero attached hydrogens (tertiary/aromatic N) is 3. The second-order valence-corrected chi connectivity index (χ2v) is 9.55. The maximum atomic E-state index is 12.5. The van der Waals surface area contributed by atoms with Gasteiger partial charge in [0.15, 0.2) is 0 Å².